The lowest BCUT2D eigenvalue weighted by molar-refractivity contribution is 0.0798. The second-order valence-electron chi connectivity index (χ2n) is 3.78. The molecule has 0 bridgehead atoms. The van der Waals surface area contributed by atoms with Gasteiger partial charge in [-0.15, -0.1) is 0 Å². The Morgan fingerprint density at radius 2 is 2.19 bits per heavy atom. The van der Waals surface area contributed by atoms with Crippen molar-refractivity contribution in [1.29, 1.82) is 0 Å². The van der Waals surface area contributed by atoms with E-state index in [9.17, 15) is 4.21 Å². The van der Waals surface area contributed by atoms with Crippen LogP contribution in [0, 0.1) is 0 Å². The molecule has 1 aromatic carbocycles. The van der Waals surface area contributed by atoms with Crippen molar-refractivity contribution < 1.29 is 8.95 Å². The molecule has 0 aliphatic heterocycles. The molecule has 0 amide bonds. The van der Waals surface area contributed by atoms with Crippen molar-refractivity contribution in [3.8, 4) is 0 Å². The average Bonchev–Trinajstić information content (AvgIpc) is 2.24. The van der Waals surface area contributed by atoms with Crippen molar-refractivity contribution in [3.05, 3.63) is 29.3 Å². The van der Waals surface area contributed by atoms with Crippen LogP contribution < -0.4 is 0 Å². The molecule has 0 aromatic heterocycles. The molecule has 1 atom stereocenters. The summed E-state index contributed by atoms with van der Waals surface area (Å²) < 4.78 is 17.2. The van der Waals surface area contributed by atoms with E-state index in [1.54, 1.807) is 12.1 Å². The first kappa shape index (κ1) is 13.7. The van der Waals surface area contributed by atoms with Crippen molar-refractivity contribution >= 4 is 22.4 Å². The van der Waals surface area contributed by atoms with Gasteiger partial charge in [0.15, 0.2) is 0 Å². The predicted octanol–water partition coefficient (Wildman–Crippen LogP) is 3.26. The van der Waals surface area contributed by atoms with Crippen LogP contribution in [-0.2, 0) is 15.5 Å². The van der Waals surface area contributed by atoms with E-state index in [2.05, 4.69) is 0 Å². The topological polar surface area (TPSA) is 26.3 Å². The number of hydrogen-bond donors (Lipinski definition) is 0. The van der Waals surface area contributed by atoms with Gasteiger partial charge in [0.1, 0.15) is 0 Å². The maximum absolute atomic E-state index is 11.8. The molecule has 0 radical (unpaired) electrons. The van der Waals surface area contributed by atoms with Crippen LogP contribution in [0.15, 0.2) is 29.2 Å². The Hall–Kier alpha value is -0.380. The third-order valence-electron chi connectivity index (χ3n) is 1.98. The summed E-state index contributed by atoms with van der Waals surface area (Å²) in [5.74, 6) is 0.618. The standard InChI is InChI=1S/C12H17ClO2S/c1-10(2)15-7-4-8-16(14)12-6-3-5-11(13)9-12/h3,5-6,9-10H,4,7-8H2,1-2H3/t16-/m0/s1. The first-order chi connectivity index (χ1) is 7.59. The second-order valence-corrected chi connectivity index (χ2v) is 5.79. The zero-order valence-corrected chi connectivity index (χ0v) is 11.2. The minimum Gasteiger partial charge on any atom is -0.379 e. The van der Waals surface area contributed by atoms with E-state index in [-0.39, 0.29) is 6.10 Å². The summed E-state index contributed by atoms with van der Waals surface area (Å²) in [7, 11) is -0.973. The molecule has 1 aromatic rings. The van der Waals surface area contributed by atoms with E-state index < -0.39 is 10.8 Å². The maximum atomic E-state index is 11.8. The van der Waals surface area contributed by atoms with Crippen LogP contribution in [0.4, 0.5) is 0 Å². The summed E-state index contributed by atoms with van der Waals surface area (Å²) in [5.41, 5.74) is 0. The molecule has 0 saturated heterocycles. The Bertz CT molecular complexity index is 353. The lowest BCUT2D eigenvalue weighted by Crippen LogP contribution is -2.07. The van der Waals surface area contributed by atoms with Gasteiger partial charge in [-0.1, -0.05) is 17.7 Å². The van der Waals surface area contributed by atoms with E-state index in [1.807, 2.05) is 26.0 Å². The molecule has 0 N–H and O–H groups in total. The van der Waals surface area contributed by atoms with Gasteiger partial charge in [-0.25, -0.2) is 0 Å². The molecular formula is C12H17ClO2S. The van der Waals surface area contributed by atoms with Crippen LogP contribution in [0.5, 0.6) is 0 Å². The third kappa shape index (κ3) is 5.10. The van der Waals surface area contributed by atoms with Crippen molar-refractivity contribution in [2.45, 2.75) is 31.3 Å². The minimum atomic E-state index is -0.973. The zero-order chi connectivity index (χ0) is 12.0. The number of ether oxygens (including phenoxy) is 1. The highest BCUT2D eigenvalue weighted by atomic mass is 35.5. The normalized spacial score (nSPS) is 13.0. The molecule has 0 aliphatic carbocycles. The fraction of sp³-hybridized carbons (Fsp3) is 0.500. The zero-order valence-electron chi connectivity index (χ0n) is 9.61. The van der Waals surface area contributed by atoms with Crippen molar-refractivity contribution in [2.75, 3.05) is 12.4 Å². The molecule has 90 valence electrons. The molecule has 1 rings (SSSR count). The van der Waals surface area contributed by atoms with E-state index in [1.165, 1.54) is 0 Å². The monoisotopic (exact) mass is 260 g/mol. The summed E-state index contributed by atoms with van der Waals surface area (Å²) >= 11 is 5.83. The maximum Gasteiger partial charge on any atom is 0.0530 e. The molecule has 0 fully saturated rings. The second kappa shape index (κ2) is 7.05. The van der Waals surface area contributed by atoms with Gasteiger partial charge in [0.25, 0.3) is 0 Å². The molecule has 4 heteroatoms. The average molecular weight is 261 g/mol. The van der Waals surface area contributed by atoms with E-state index in [0.29, 0.717) is 17.4 Å². The summed E-state index contributed by atoms with van der Waals surface area (Å²) in [6.45, 7) is 4.64. The van der Waals surface area contributed by atoms with Gasteiger partial charge in [0.2, 0.25) is 0 Å². The molecule has 2 nitrogen and oxygen atoms in total. The van der Waals surface area contributed by atoms with Gasteiger partial charge in [-0.05, 0) is 38.5 Å². The highest BCUT2D eigenvalue weighted by molar-refractivity contribution is 7.85. The first-order valence-electron chi connectivity index (χ1n) is 5.35. The molecule has 0 unspecified atom stereocenters. The molecule has 0 saturated carbocycles. The highest BCUT2D eigenvalue weighted by Gasteiger charge is 2.04. The third-order valence-corrected chi connectivity index (χ3v) is 3.66. The van der Waals surface area contributed by atoms with Crippen LogP contribution in [-0.4, -0.2) is 22.7 Å². The number of rotatable bonds is 6. The van der Waals surface area contributed by atoms with E-state index in [4.69, 9.17) is 16.3 Å². The first-order valence-corrected chi connectivity index (χ1v) is 7.05. The van der Waals surface area contributed by atoms with Gasteiger partial charge in [0.05, 0.1) is 16.9 Å². The summed E-state index contributed by atoms with van der Waals surface area (Å²) in [6, 6.07) is 7.19. The molecule has 16 heavy (non-hydrogen) atoms. The highest BCUT2D eigenvalue weighted by Crippen LogP contribution is 2.14. The lowest BCUT2D eigenvalue weighted by Gasteiger charge is -2.07. The molecular weight excluding hydrogens is 244 g/mol. The largest absolute Gasteiger partial charge is 0.379 e. The van der Waals surface area contributed by atoms with Crippen LogP contribution in [0.1, 0.15) is 20.3 Å². The predicted molar refractivity (Wildman–Crippen MR) is 68.4 cm³/mol. The summed E-state index contributed by atoms with van der Waals surface area (Å²) in [4.78, 5) is 0.789. The van der Waals surface area contributed by atoms with Gasteiger partial charge < -0.3 is 4.74 Å². The number of benzene rings is 1. The number of hydrogen-bond acceptors (Lipinski definition) is 2. The van der Waals surface area contributed by atoms with Gasteiger partial charge in [-0.2, -0.15) is 0 Å². The van der Waals surface area contributed by atoms with Gasteiger partial charge >= 0.3 is 0 Å². The number of halogens is 1. The Balaban J connectivity index is 2.35. The summed E-state index contributed by atoms with van der Waals surface area (Å²) in [5, 5.41) is 0.629. The van der Waals surface area contributed by atoms with Gasteiger partial charge in [-0.3, -0.25) is 4.21 Å². The molecule has 0 spiro atoms. The lowest BCUT2D eigenvalue weighted by atomic mass is 10.4. The quantitative estimate of drug-likeness (QED) is 0.734. The Morgan fingerprint density at radius 3 is 2.81 bits per heavy atom. The van der Waals surface area contributed by atoms with Crippen molar-refractivity contribution in [1.82, 2.24) is 0 Å². The molecule has 0 heterocycles. The van der Waals surface area contributed by atoms with Crippen molar-refractivity contribution in [3.63, 3.8) is 0 Å². The van der Waals surface area contributed by atoms with Crippen LogP contribution in [0.2, 0.25) is 5.02 Å². The summed E-state index contributed by atoms with van der Waals surface area (Å²) in [6.07, 6.45) is 1.04. The molecule has 0 aliphatic rings. The SMILES string of the molecule is CC(C)OCCC[S@](=O)c1cccc(Cl)c1. The Labute approximate surface area is 104 Å². The van der Waals surface area contributed by atoms with Crippen LogP contribution in [0.3, 0.4) is 0 Å². The minimum absolute atomic E-state index is 0.236. The Kier molecular flexibility index (Phi) is 6.03. The van der Waals surface area contributed by atoms with Crippen molar-refractivity contribution in [2.24, 2.45) is 0 Å². The van der Waals surface area contributed by atoms with Crippen LogP contribution >= 0.6 is 11.6 Å². The van der Waals surface area contributed by atoms with E-state index in [0.717, 1.165) is 11.3 Å². The Morgan fingerprint density at radius 1 is 1.44 bits per heavy atom. The smallest absolute Gasteiger partial charge is 0.0530 e. The van der Waals surface area contributed by atoms with Crippen LogP contribution in [0.25, 0.3) is 0 Å². The van der Waals surface area contributed by atoms with Gasteiger partial charge in [0, 0.05) is 22.3 Å². The fourth-order valence-electron chi connectivity index (χ4n) is 1.24. The van der Waals surface area contributed by atoms with E-state index >= 15 is 0 Å². The fourth-order valence-corrected chi connectivity index (χ4v) is 2.60.